The number of hydrogen-bond donors (Lipinski definition) is 2. The van der Waals surface area contributed by atoms with Gasteiger partial charge in [0.1, 0.15) is 0 Å². The molecule has 1 amide bonds. The number of rotatable bonds is 7. The summed E-state index contributed by atoms with van der Waals surface area (Å²) < 4.78 is 15.8. The zero-order valence-corrected chi connectivity index (χ0v) is 14.5. The average molecular weight is 333 g/mol. The molecule has 0 heterocycles. The van der Waals surface area contributed by atoms with Gasteiger partial charge in [-0.05, 0) is 23.6 Å². The standard InChI is InChI=1S/C15H24N2O4.ClH/c1-9(2)13(16)15(18)17-8-10-6-11(19-3)14(21-5)12(7-10)20-4;/h6-7,9,13H,8,16H2,1-5H3,(H,17,18);1H/t13-;/m1./s1. The van der Waals surface area contributed by atoms with Crippen LogP contribution in [-0.2, 0) is 11.3 Å². The summed E-state index contributed by atoms with van der Waals surface area (Å²) in [4.78, 5) is 11.9. The first-order valence-corrected chi connectivity index (χ1v) is 6.76. The van der Waals surface area contributed by atoms with Crippen molar-refractivity contribution in [2.45, 2.75) is 26.4 Å². The van der Waals surface area contributed by atoms with E-state index in [9.17, 15) is 4.79 Å². The third-order valence-corrected chi connectivity index (χ3v) is 3.21. The van der Waals surface area contributed by atoms with Crippen LogP contribution in [0.25, 0.3) is 0 Å². The highest BCUT2D eigenvalue weighted by Crippen LogP contribution is 2.38. The van der Waals surface area contributed by atoms with Crippen LogP contribution in [0.1, 0.15) is 19.4 Å². The summed E-state index contributed by atoms with van der Waals surface area (Å²) in [7, 11) is 4.64. The van der Waals surface area contributed by atoms with E-state index < -0.39 is 6.04 Å². The van der Waals surface area contributed by atoms with Gasteiger partial charge in [-0.2, -0.15) is 0 Å². The Bertz CT molecular complexity index is 469. The zero-order chi connectivity index (χ0) is 16.0. The molecule has 0 saturated heterocycles. The highest BCUT2D eigenvalue weighted by atomic mass is 35.5. The fraction of sp³-hybridized carbons (Fsp3) is 0.533. The number of benzene rings is 1. The van der Waals surface area contributed by atoms with E-state index in [-0.39, 0.29) is 24.2 Å². The lowest BCUT2D eigenvalue weighted by molar-refractivity contribution is -0.123. The third kappa shape index (κ3) is 4.96. The molecule has 0 aliphatic carbocycles. The van der Waals surface area contributed by atoms with Crippen molar-refractivity contribution in [3.05, 3.63) is 17.7 Å². The number of nitrogens with two attached hydrogens (primary N) is 1. The molecule has 6 nitrogen and oxygen atoms in total. The van der Waals surface area contributed by atoms with Gasteiger partial charge in [-0.15, -0.1) is 12.4 Å². The minimum absolute atomic E-state index is 0. The van der Waals surface area contributed by atoms with Crippen molar-refractivity contribution in [1.29, 1.82) is 0 Å². The van der Waals surface area contributed by atoms with E-state index in [0.717, 1.165) is 5.56 Å². The number of halogens is 1. The van der Waals surface area contributed by atoms with Crippen LogP contribution in [0.5, 0.6) is 17.2 Å². The van der Waals surface area contributed by atoms with Crippen molar-refractivity contribution in [3.8, 4) is 17.2 Å². The molecule has 0 unspecified atom stereocenters. The Morgan fingerprint density at radius 1 is 1.14 bits per heavy atom. The maximum absolute atomic E-state index is 11.9. The molecule has 1 rings (SSSR count). The predicted octanol–water partition coefficient (Wildman–Crippen LogP) is 1.73. The van der Waals surface area contributed by atoms with Crippen molar-refractivity contribution < 1.29 is 19.0 Å². The highest BCUT2D eigenvalue weighted by Gasteiger charge is 2.18. The van der Waals surface area contributed by atoms with Gasteiger partial charge in [0.05, 0.1) is 27.4 Å². The monoisotopic (exact) mass is 332 g/mol. The SMILES string of the molecule is COc1cc(CNC(=O)[C@H](N)C(C)C)cc(OC)c1OC.Cl. The third-order valence-electron chi connectivity index (χ3n) is 3.21. The van der Waals surface area contributed by atoms with E-state index in [4.69, 9.17) is 19.9 Å². The second-order valence-corrected chi connectivity index (χ2v) is 5.02. The summed E-state index contributed by atoms with van der Waals surface area (Å²) in [6, 6.07) is 3.07. The lowest BCUT2D eigenvalue weighted by Gasteiger charge is -2.17. The van der Waals surface area contributed by atoms with Crippen LogP contribution in [0.3, 0.4) is 0 Å². The summed E-state index contributed by atoms with van der Waals surface area (Å²) in [5, 5.41) is 2.80. The maximum Gasteiger partial charge on any atom is 0.237 e. The van der Waals surface area contributed by atoms with E-state index >= 15 is 0 Å². The molecule has 0 saturated carbocycles. The minimum Gasteiger partial charge on any atom is -0.493 e. The Labute approximate surface area is 137 Å². The smallest absolute Gasteiger partial charge is 0.237 e. The molecule has 0 aromatic heterocycles. The van der Waals surface area contributed by atoms with E-state index in [1.807, 2.05) is 13.8 Å². The summed E-state index contributed by atoms with van der Waals surface area (Å²) in [6.45, 7) is 4.16. The molecule has 7 heteroatoms. The lowest BCUT2D eigenvalue weighted by atomic mass is 10.0. The van der Waals surface area contributed by atoms with Crippen molar-refractivity contribution in [1.82, 2.24) is 5.32 Å². The van der Waals surface area contributed by atoms with Gasteiger partial charge in [0.25, 0.3) is 0 Å². The van der Waals surface area contributed by atoms with E-state index in [1.165, 1.54) is 0 Å². The number of carbonyl (C=O) groups is 1. The Kier molecular flexibility index (Phi) is 8.67. The highest BCUT2D eigenvalue weighted by molar-refractivity contribution is 5.85. The topological polar surface area (TPSA) is 82.8 Å². The van der Waals surface area contributed by atoms with Gasteiger partial charge in [0, 0.05) is 6.54 Å². The first kappa shape index (κ1) is 20.3. The Balaban J connectivity index is 0.00000441. The van der Waals surface area contributed by atoms with Gasteiger partial charge in [0.2, 0.25) is 11.7 Å². The van der Waals surface area contributed by atoms with Crippen LogP contribution in [-0.4, -0.2) is 33.3 Å². The zero-order valence-electron chi connectivity index (χ0n) is 13.6. The Hall–Kier alpha value is -1.66. The number of carbonyl (C=O) groups excluding carboxylic acids is 1. The van der Waals surface area contributed by atoms with Crippen molar-refractivity contribution in [2.75, 3.05) is 21.3 Å². The quantitative estimate of drug-likeness (QED) is 0.794. The first-order chi connectivity index (χ1) is 9.94. The molecular formula is C15H25ClN2O4. The van der Waals surface area contributed by atoms with Crippen LogP contribution in [0.4, 0.5) is 0 Å². The average Bonchev–Trinajstić information content (AvgIpc) is 2.50. The van der Waals surface area contributed by atoms with Gasteiger partial charge in [-0.25, -0.2) is 0 Å². The van der Waals surface area contributed by atoms with E-state index in [1.54, 1.807) is 33.5 Å². The van der Waals surface area contributed by atoms with E-state index in [2.05, 4.69) is 5.32 Å². The number of amides is 1. The molecule has 0 fully saturated rings. The molecule has 0 aliphatic heterocycles. The second-order valence-electron chi connectivity index (χ2n) is 5.02. The molecule has 1 atom stereocenters. The number of ether oxygens (including phenoxy) is 3. The van der Waals surface area contributed by atoms with Gasteiger partial charge >= 0.3 is 0 Å². The van der Waals surface area contributed by atoms with Crippen LogP contribution >= 0.6 is 12.4 Å². The molecule has 126 valence electrons. The summed E-state index contributed by atoms with van der Waals surface area (Å²) in [6.07, 6.45) is 0. The van der Waals surface area contributed by atoms with Crippen LogP contribution in [0.15, 0.2) is 12.1 Å². The van der Waals surface area contributed by atoms with Crippen molar-refractivity contribution in [2.24, 2.45) is 11.7 Å². The fourth-order valence-electron chi connectivity index (χ4n) is 1.85. The second kappa shape index (κ2) is 9.38. The van der Waals surface area contributed by atoms with Crippen LogP contribution in [0, 0.1) is 5.92 Å². The Morgan fingerprint density at radius 2 is 1.64 bits per heavy atom. The largest absolute Gasteiger partial charge is 0.493 e. The Morgan fingerprint density at radius 3 is 2.00 bits per heavy atom. The molecule has 0 radical (unpaired) electrons. The minimum atomic E-state index is -0.521. The molecular weight excluding hydrogens is 308 g/mol. The molecule has 1 aromatic rings. The lowest BCUT2D eigenvalue weighted by Crippen LogP contribution is -2.43. The molecule has 3 N–H and O–H groups in total. The van der Waals surface area contributed by atoms with Crippen LogP contribution in [0.2, 0.25) is 0 Å². The van der Waals surface area contributed by atoms with Gasteiger partial charge < -0.3 is 25.3 Å². The molecule has 22 heavy (non-hydrogen) atoms. The van der Waals surface area contributed by atoms with Gasteiger partial charge in [-0.1, -0.05) is 13.8 Å². The number of hydrogen-bond acceptors (Lipinski definition) is 5. The summed E-state index contributed by atoms with van der Waals surface area (Å²) in [5.74, 6) is 1.53. The maximum atomic E-state index is 11.9. The predicted molar refractivity (Wildman–Crippen MR) is 88.0 cm³/mol. The molecule has 0 spiro atoms. The summed E-state index contributed by atoms with van der Waals surface area (Å²) in [5.41, 5.74) is 6.64. The normalized spacial score (nSPS) is 11.4. The first-order valence-electron chi connectivity index (χ1n) is 6.76. The van der Waals surface area contributed by atoms with Crippen molar-refractivity contribution >= 4 is 18.3 Å². The van der Waals surface area contributed by atoms with Crippen LogP contribution < -0.4 is 25.3 Å². The molecule has 1 aromatic carbocycles. The molecule has 0 bridgehead atoms. The van der Waals surface area contributed by atoms with Gasteiger partial charge in [0.15, 0.2) is 11.5 Å². The van der Waals surface area contributed by atoms with Crippen molar-refractivity contribution in [3.63, 3.8) is 0 Å². The molecule has 0 aliphatic rings. The number of nitrogens with one attached hydrogen (secondary N) is 1. The number of methoxy groups -OCH3 is 3. The van der Waals surface area contributed by atoms with Gasteiger partial charge in [-0.3, -0.25) is 4.79 Å². The summed E-state index contributed by atoms with van der Waals surface area (Å²) >= 11 is 0. The fourth-order valence-corrected chi connectivity index (χ4v) is 1.85. The van der Waals surface area contributed by atoms with E-state index in [0.29, 0.717) is 23.8 Å².